The summed E-state index contributed by atoms with van der Waals surface area (Å²) < 4.78 is 4.48. The molecule has 0 radical (unpaired) electrons. The Morgan fingerprint density at radius 3 is 2.50 bits per heavy atom. The summed E-state index contributed by atoms with van der Waals surface area (Å²) in [6.07, 6.45) is 3.65. The summed E-state index contributed by atoms with van der Waals surface area (Å²) in [7, 11) is 0. The van der Waals surface area contributed by atoms with Crippen molar-refractivity contribution in [1.82, 2.24) is 9.13 Å². The third kappa shape index (κ3) is 4.26. The maximum absolute atomic E-state index is 14.1. The molecule has 0 saturated heterocycles. The second kappa shape index (κ2) is 10.1. The third-order valence-corrected chi connectivity index (χ3v) is 9.37. The zero-order valence-corrected chi connectivity index (χ0v) is 24.4. The van der Waals surface area contributed by atoms with Crippen molar-refractivity contribution in [1.29, 1.82) is 0 Å². The fourth-order valence-electron chi connectivity index (χ4n) is 6.16. The molecule has 1 aliphatic carbocycles. The number of aromatic nitrogens is 2. The van der Waals surface area contributed by atoms with Gasteiger partial charge in [-0.05, 0) is 85.4 Å². The first-order chi connectivity index (χ1) is 20.3. The molecular formula is C33H25ClN4O3S. The van der Waals surface area contributed by atoms with Crippen LogP contribution in [-0.2, 0) is 6.42 Å². The van der Waals surface area contributed by atoms with Crippen molar-refractivity contribution in [3.63, 3.8) is 0 Å². The van der Waals surface area contributed by atoms with E-state index in [1.807, 2.05) is 65.5 Å². The van der Waals surface area contributed by atoms with Crippen LogP contribution in [0.1, 0.15) is 46.1 Å². The summed E-state index contributed by atoms with van der Waals surface area (Å²) in [5, 5.41) is 11.8. The topological polar surface area (TPSA) is 82.4 Å². The summed E-state index contributed by atoms with van der Waals surface area (Å²) in [5.41, 5.74) is 9.11. The SMILES string of the molecule is Cc1cc(/C=c2/sc3n(c2=O)[C@H](c2ccc(Cl)cc2)C2=C(N=3)c3ccccc3CC2)c(C)n1-c1ccc([N+](=O)[O-])cc1. The van der Waals surface area contributed by atoms with Crippen molar-refractivity contribution in [3.8, 4) is 5.69 Å². The van der Waals surface area contributed by atoms with Gasteiger partial charge in [-0.1, -0.05) is 59.3 Å². The normalized spacial score (nSPS) is 16.1. The standard InChI is InChI=1S/C33H25ClN4O3S/c1-19-17-23(20(2)36(19)25-12-14-26(15-13-25)38(40)41)18-29-32(39)37-31(22-7-10-24(34)11-8-22)28-16-9-21-5-3-4-6-27(21)30(28)35-33(37)42-29/h3-8,10-15,17-18,31H,9,16H2,1-2H3/b29-18+/t31-/m1/s1. The van der Waals surface area contributed by atoms with E-state index in [0.29, 0.717) is 14.4 Å². The van der Waals surface area contributed by atoms with Gasteiger partial charge in [0.1, 0.15) is 0 Å². The Morgan fingerprint density at radius 1 is 1.02 bits per heavy atom. The molecule has 0 amide bonds. The van der Waals surface area contributed by atoms with E-state index in [9.17, 15) is 14.9 Å². The average Bonchev–Trinajstić information content (AvgIpc) is 3.45. The van der Waals surface area contributed by atoms with Gasteiger partial charge in [0.15, 0.2) is 4.80 Å². The molecule has 0 N–H and O–H groups in total. The molecule has 1 atom stereocenters. The Labute approximate surface area is 250 Å². The number of nitro benzene ring substituents is 1. The summed E-state index contributed by atoms with van der Waals surface area (Å²) in [6, 6.07) is 24.4. The van der Waals surface area contributed by atoms with Gasteiger partial charge in [0.2, 0.25) is 0 Å². The largest absolute Gasteiger partial charge is 0.318 e. The number of hydrogen-bond donors (Lipinski definition) is 0. The number of nitrogens with zero attached hydrogens (tertiary/aromatic N) is 4. The lowest BCUT2D eigenvalue weighted by molar-refractivity contribution is -0.384. The van der Waals surface area contributed by atoms with Crippen LogP contribution in [0.3, 0.4) is 0 Å². The molecule has 7 rings (SSSR count). The van der Waals surface area contributed by atoms with E-state index in [1.165, 1.54) is 29.0 Å². The highest BCUT2D eigenvalue weighted by Gasteiger charge is 2.32. The molecule has 42 heavy (non-hydrogen) atoms. The minimum Gasteiger partial charge on any atom is -0.318 e. The zero-order valence-electron chi connectivity index (χ0n) is 22.9. The molecule has 3 heterocycles. The van der Waals surface area contributed by atoms with Crippen molar-refractivity contribution in [2.45, 2.75) is 32.7 Å². The molecule has 7 nitrogen and oxygen atoms in total. The minimum absolute atomic E-state index is 0.0445. The molecule has 3 aromatic carbocycles. The van der Waals surface area contributed by atoms with E-state index < -0.39 is 4.92 Å². The monoisotopic (exact) mass is 592 g/mol. The number of nitro groups is 1. The Morgan fingerprint density at radius 2 is 1.76 bits per heavy atom. The first kappa shape index (κ1) is 26.4. The first-order valence-electron chi connectivity index (χ1n) is 13.6. The number of hydrogen-bond acceptors (Lipinski definition) is 5. The van der Waals surface area contributed by atoms with Crippen LogP contribution in [0.5, 0.6) is 0 Å². The predicted molar refractivity (Wildman–Crippen MR) is 166 cm³/mol. The predicted octanol–water partition coefficient (Wildman–Crippen LogP) is 6.29. The van der Waals surface area contributed by atoms with Crippen LogP contribution in [0, 0.1) is 24.0 Å². The van der Waals surface area contributed by atoms with Gasteiger partial charge >= 0.3 is 0 Å². The van der Waals surface area contributed by atoms with Crippen LogP contribution >= 0.6 is 22.9 Å². The maximum atomic E-state index is 14.1. The highest BCUT2D eigenvalue weighted by Crippen LogP contribution is 2.41. The second-order valence-corrected chi connectivity index (χ2v) is 12.0. The van der Waals surface area contributed by atoms with Crippen LogP contribution in [0.4, 0.5) is 5.69 Å². The number of aryl methyl sites for hydroxylation is 2. The third-order valence-electron chi connectivity index (χ3n) is 8.13. The van der Waals surface area contributed by atoms with Gasteiger partial charge in [0.05, 0.1) is 21.2 Å². The van der Waals surface area contributed by atoms with E-state index in [-0.39, 0.29) is 17.3 Å². The smallest absolute Gasteiger partial charge is 0.271 e. The summed E-state index contributed by atoms with van der Waals surface area (Å²) in [6.45, 7) is 3.98. The van der Waals surface area contributed by atoms with Crippen molar-refractivity contribution in [2.75, 3.05) is 0 Å². The van der Waals surface area contributed by atoms with Gasteiger partial charge in [-0.2, -0.15) is 0 Å². The van der Waals surface area contributed by atoms with Crippen LogP contribution in [0.25, 0.3) is 17.5 Å². The molecule has 1 aliphatic heterocycles. The maximum Gasteiger partial charge on any atom is 0.271 e. The molecule has 0 fully saturated rings. The van der Waals surface area contributed by atoms with Gasteiger partial charge in [-0.3, -0.25) is 19.5 Å². The molecular weight excluding hydrogens is 568 g/mol. The molecule has 0 spiro atoms. The number of thiazole rings is 1. The van der Waals surface area contributed by atoms with Crippen molar-refractivity contribution >= 4 is 40.4 Å². The number of benzene rings is 3. The number of rotatable bonds is 4. The quantitative estimate of drug-likeness (QED) is 0.182. The van der Waals surface area contributed by atoms with Gasteiger partial charge < -0.3 is 4.57 Å². The van der Waals surface area contributed by atoms with E-state index in [1.54, 1.807) is 12.1 Å². The van der Waals surface area contributed by atoms with E-state index in [2.05, 4.69) is 18.2 Å². The molecule has 208 valence electrons. The minimum atomic E-state index is -0.405. The van der Waals surface area contributed by atoms with Crippen LogP contribution < -0.4 is 14.9 Å². The molecule has 0 unspecified atom stereocenters. The van der Waals surface area contributed by atoms with Crippen molar-refractivity contribution in [3.05, 3.63) is 153 Å². The highest BCUT2D eigenvalue weighted by atomic mass is 35.5. The fraction of sp³-hybridized carbons (Fsp3) is 0.152. The Bertz CT molecular complexity index is 2120. The van der Waals surface area contributed by atoms with Crippen LogP contribution in [0.2, 0.25) is 5.02 Å². The highest BCUT2D eigenvalue weighted by molar-refractivity contribution is 7.07. The lowest BCUT2D eigenvalue weighted by Crippen LogP contribution is -2.38. The second-order valence-electron chi connectivity index (χ2n) is 10.6. The Balaban J connectivity index is 1.40. The van der Waals surface area contributed by atoms with Crippen LogP contribution in [0.15, 0.2) is 94.2 Å². The number of halogens is 1. The van der Waals surface area contributed by atoms with E-state index in [0.717, 1.165) is 57.9 Å². The van der Waals surface area contributed by atoms with Crippen molar-refractivity contribution in [2.24, 2.45) is 4.99 Å². The summed E-state index contributed by atoms with van der Waals surface area (Å²) >= 11 is 7.64. The summed E-state index contributed by atoms with van der Waals surface area (Å²) in [5.74, 6) is 0. The van der Waals surface area contributed by atoms with Crippen molar-refractivity contribution < 1.29 is 4.92 Å². The summed E-state index contributed by atoms with van der Waals surface area (Å²) in [4.78, 5) is 30.6. The number of fused-ring (bicyclic) bond motifs is 3. The Kier molecular flexibility index (Phi) is 6.33. The fourth-order valence-corrected chi connectivity index (χ4v) is 7.28. The lowest BCUT2D eigenvalue weighted by atomic mass is 9.83. The molecule has 2 aliphatic rings. The zero-order chi connectivity index (χ0) is 29.1. The number of non-ortho nitro benzene ring substituents is 1. The van der Waals surface area contributed by atoms with Gasteiger partial charge in [0, 0.05) is 39.8 Å². The van der Waals surface area contributed by atoms with Gasteiger partial charge in [0.25, 0.3) is 11.2 Å². The number of allylic oxidation sites excluding steroid dienone is 1. The first-order valence-corrected chi connectivity index (χ1v) is 14.8. The van der Waals surface area contributed by atoms with Crippen LogP contribution in [-0.4, -0.2) is 14.1 Å². The lowest BCUT2D eigenvalue weighted by Gasteiger charge is -2.30. The molecule has 9 heteroatoms. The molecule has 0 saturated carbocycles. The Hall–Kier alpha value is -4.53. The molecule has 0 bridgehead atoms. The van der Waals surface area contributed by atoms with E-state index in [4.69, 9.17) is 16.6 Å². The molecule has 5 aromatic rings. The van der Waals surface area contributed by atoms with Gasteiger partial charge in [-0.25, -0.2) is 4.99 Å². The molecule has 2 aromatic heterocycles. The average molecular weight is 593 g/mol. The van der Waals surface area contributed by atoms with Gasteiger partial charge in [-0.15, -0.1) is 0 Å². The van der Waals surface area contributed by atoms with E-state index >= 15 is 0 Å².